The Balaban J connectivity index is 0.000000331. The summed E-state index contributed by atoms with van der Waals surface area (Å²) in [6.07, 6.45) is 1.56. The van der Waals surface area contributed by atoms with Gasteiger partial charge >= 0.3 is 0 Å². The number of anilines is 1. The fraction of sp³-hybridized carbons (Fsp3) is 0.421. The van der Waals surface area contributed by atoms with Gasteiger partial charge in [0, 0.05) is 19.0 Å². The van der Waals surface area contributed by atoms with Gasteiger partial charge in [0.2, 0.25) is 5.91 Å². The molecule has 0 bridgehead atoms. The van der Waals surface area contributed by atoms with Crippen LogP contribution in [0.25, 0.3) is 0 Å². The average molecular weight is 482 g/mol. The minimum atomic E-state index is -1.46. The highest BCUT2D eigenvalue weighted by molar-refractivity contribution is 7.14. The molecule has 0 radical (unpaired) electrons. The lowest BCUT2D eigenvalue weighted by Gasteiger charge is -2.25. The van der Waals surface area contributed by atoms with E-state index in [9.17, 15) is 40.2 Å². The van der Waals surface area contributed by atoms with Crippen LogP contribution < -0.4 is 10.0 Å². The topological polar surface area (TPSA) is 176 Å². The molecule has 1 aromatic carbocycles. The highest BCUT2D eigenvalue weighted by atomic mass is 32.1. The SMILES string of the molecule is CCC(=O)N(CCC(C)N(C)C)c1cccs1.O=[N+]([O-])c1cc([N+](=O)[O-])c([O-])c([N+](=O)[O-])c1. The van der Waals surface area contributed by atoms with Crippen molar-refractivity contribution in [3.63, 3.8) is 0 Å². The Hall–Kier alpha value is -3.65. The first-order valence-corrected chi connectivity index (χ1v) is 10.6. The van der Waals surface area contributed by atoms with E-state index < -0.39 is 37.6 Å². The molecule has 0 saturated carbocycles. The molecule has 14 heteroatoms. The normalized spacial score (nSPS) is 11.3. The summed E-state index contributed by atoms with van der Waals surface area (Å²) in [6.45, 7) is 4.90. The zero-order valence-corrected chi connectivity index (χ0v) is 19.3. The third-order valence-electron chi connectivity index (χ3n) is 4.67. The molecule has 1 amide bonds. The number of carbonyl (C=O) groups is 1. The van der Waals surface area contributed by atoms with E-state index in [1.54, 1.807) is 11.3 Å². The second kappa shape index (κ2) is 12.4. The van der Waals surface area contributed by atoms with Gasteiger partial charge in [0.05, 0.1) is 37.7 Å². The number of nitro groups is 3. The van der Waals surface area contributed by atoms with Gasteiger partial charge in [-0.2, -0.15) is 0 Å². The van der Waals surface area contributed by atoms with Crippen LogP contribution in [0.3, 0.4) is 0 Å². The number of hydrogen-bond donors (Lipinski definition) is 0. The fourth-order valence-electron chi connectivity index (χ4n) is 2.51. The van der Waals surface area contributed by atoms with Gasteiger partial charge in [-0.25, -0.2) is 0 Å². The quantitative estimate of drug-likeness (QED) is 0.383. The van der Waals surface area contributed by atoms with E-state index in [-0.39, 0.29) is 5.91 Å². The maximum atomic E-state index is 11.9. The monoisotopic (exact) mass is 482 g/mol. The van der Waals surface area contributed by atoms with Gasteiger partial charge in [0.1, 0.15) is 0 Å². The van der Waals surface area contributed by atoms with Gasteiger partial charge < -0.3 is 14.9 Å². The summed E-state index contributed by atoms with van der Waals surface area (Å²) in [5.74, 6) is -1.25. The van der Waals surface area contributed by atoms with Crippen molar-refractivity contribution in [1.29, 1.82) is 0 Å². The molecule has 0 aliphatic rings. The van der Waals surface area contributed by atoms with E-state index in [0.717, 1.165) is 18.0 Å². The lowest BCUT2D eigenvalue weighted by Crippen LogP contribution is -2.35. The van der Waals surface area contributed by atoms with Gasteiger partial charge in [0.25, 0.3) is 17.1 Å². The molecule has 0 saturated heterocycles. The summed E-state index contributed by atoms with van der Waals surface area (Å²) in [4.78, 5) is 43.5. The second-order valence-electron chi connectivity index (χ2n) is 7.04. The van der Waals surface area contributed by atoms with Crippen LogP contribution in [0, 0.1) is 30.3 Å². The summed E-state index contributed by atoms with van der Waals surface area (Å²) in [5, 5.41) is 45.2. The summed E-state index contributed by atoms with van der Waals surface area (Å²) in [6, 6.07) is 5.26. The number of nitro benzene ring substituents is 3. The number of non-ortho nitro benzene ring substituents is 1. The minimum Gasteiger partial charge on any atom is -0.863 e. The minimum absolute atomic E-state index is 0.207. The Labute approximate surface area is 193 Å². The van der Waals surface area contributed by atoms with Gasteiger partial charge in [-0.05, 0) is 45.0 Å². The molecule has 0 aliphatic heterocycles. The molecular formula is C19H24N5O8S-. The molecule has 2 aromatic rings. The largest absolute Gasteiger partial charge is 0.863 e. The average Bonchev–Trinajstić information content (AvgIpc) is 3.27. The van der Waals surface area contributed by atoms with E-state index in [2.05, 4.69) is 25.9 Å². The number of carbonyl (C=O) groups excluding carboxylic acids is 1. The van der Waals surface area contributed by atoms with E-state index in [1.807, 2.05) is 29.3 Å². The van der Waals surface area contributed by atoms with Crippen molar-refractivity contribution >= 4 is 39.3 Å². The van der Waals surface area contributed by atoms with Crippen molar-refractivity contribution in [2.45, 2.75) is 32.7 Å². The van der Waals surface area contributed by atoms with Crippen LogP contribution in [0.5, 0.6) is 5.75 Å². The molecule has 1 aromatic heterocycles. The summed E-state index contributed by atoms with van der Waals surface area (Å²) in [5.41, 5.74) is -3.26. The second-order valence-corrected chi connectivity index (χ2v) is 7.96. The van der Waals surface area contributed by atoms with Crippen LogP contribution >= 0.6 is 11.3 Å². The highest BCUT2D eigenvalue weighted by Crippen LogP contribution is 2.36. The zero-order valence-electron chi connectivity index (χ0n) is 18.5. The molecule has 33 heavy (non-hydrogen) atoms. The van der Waals surface area contributed by atoms with Gasteiger partial charge in [-0.15, -0.1) is 11.3 Å². The zero-order chi connectivity index (χ0) is 25.3. The van der Waals surface area contributed by atoms with Crippen molar-refractivity contribution in [2.75, 3.05) is 25.5 Å². The maximum absolute atomic E-state index is 11.9. The predicted octanol–water partition coefficient (Wildman–Crippen LogP) is 3.32. The molecule has 1 unspecified atom stereocenters. The van der Waals surface area contributed by atoms with E-state index in [1.165, 1.54) is 0 Å². The molecule has 1 heterocycles. The van der Waals surface area contributed by atoms with Gasteiger partial charge in [-0.3, -0.25) is 35.1 Å². The lowest BCUT2D eigenvalue weighted by molar-refractivity contribution is -0.420. The van der Waals surface area contributed by atoms with Crippen molar-refractivity contribution in [2.24, 2.45) is 0 Å². The number of thiophene rings is 1. The van der Waals surface area contributed by atoms with Crippen molar-refractivity contribution < 1.29 is 24.7 Å². The molecule has 1 atom stereocenters. The first kappa shape index (κ1) is 27.4. The standard InChI is InChI=1S/C13H22N2OS.C6H3N3O7/c1-5-12(16)15(13-7-6-10-17-13)9-8-11(2)14(3)4;10-6-4(8(13)14)1-3(7(11)12)2-5(6)9(15)16/h6-7,10-11H,5,8-9H2,1-4H3;1-2,10H/p-1. The van der Waals surface area contributed by atoms with E-state index in [0.29, 0.717) is 24.6 Å². The van der Waals surface area contributed by atoms with Crippen molar-refractivity contribution in [3.05, 3.63) is 60.0 Å². The van der Waals surface area contributed by atoms with Crippen LogP contribution in [0.1, 0.15) is 26.7 Å². The first-order chi connectivity index (χ1) is 15.4. The summed E-state index contributed by atoms with van der Waals surface area (Å²) >= 11 is 1.63. The number of benzene rings is 1. The number of nitrogens with zero attached hydrogens (tertiary/aromatic N) is 5. The Morgan fingerprint density at radius 2 is 1.61 bits per heavy atom. The molecule has 0 spiro atoms. The number of rotatable bonds is 9. The molecule has 180 valence electrons. The smallest absolute Gasteiger partial charge is 0.283 e. The van der Waals surface area contributed by atoms with Crippen LogP contribution in [0.15, 0.2) is 29.6 Å². The summed E-state index contributed by atoms with van der Waals surface area (Å²) in [7, 11) is 4.14. The van der Waals surface area contributed by atoms with E-state index in [4.69, 9.17) is 0 Å². The Morgan fingerprint density at radius 3 is 1.97 bits per heavy atom. The third-order valence-corrected chi connectivity index (χ3v) is 5.56. The Morgan fingerprint density at radius 1 is 1.06 bits per heavy atom. The molecule has 0 aliphatic carbocycles. The molecule has 0 fully saturated rings. The number of hydrogen-bond acceptors (Lipinski definition) is 10. The van der Waals surface area contributed by atoms with Crippen LogP contribution in [-0.4, -0.2) is 52.3 Å². The Kier molecular flexibility index (Phi) is 10.3. The molecule has 2 rings (SSSR count). The van der Waals surface area contributed by atoms with Crippen LogP contribution in [0.4, 0.5) is 22.1 Å². The lowest BCUT2D eigenvalue weighted by atomic mass is 10.2. The van der Waals surface area contributed by atoms with Crippen molar-refractivity contribution in [1.82, 2.24) is 4.90 Å². The molecular weight excluding hydrogens is 458 g/mol. The third kappa shape index (κ3) is 7.76. The molecule has 13 nitrogen and oxygen atoms in total. The maximum Gasteiger partial charge on any atom is 0.283 e. The first-order valence-electron chi connectivity index (χ1n) is 9.69. The Bertz CT molecular complexity index is 961. The number of amides is 1. The highest BCUT2D eigenvalue weighted by Gasteiger charge is 2.24. The van der Waals surface area contributed by atoms with Gasteiger partial charge in [0.15, 0.2) is 0 Å². The van der Waals surface area contributed by atoms with Crippen molar-refractivity contribution in [3.8, 4) is 5.75 Å². The van der Waals surface area contributed by atoms with Crippen LogP contribution in [0.2, 0.25) is 0 Å². The summed E-state index contributed by atoms with van der Waals surface area (Å²) < 4.78 is 0. The molecule has 0 N–H and O–H groups in total. The predicted molar refractivity (Wildman–Crippen MR) is 121 cm³/mol. The fourth-order valence-corrected chi connectivity index (χ4v) is 3.28. The van der Waals surface area contributed by atoms with E-state index >= 15 is 0 Å². The van der Waals surface area contributed by atoms with Gasteiger partial charge in [-0.1, -0.05) is 6.92 Å². The van der Waals surface area contributed by atoms with Crippen LogP contribution in [-0.2, 0) is 4.79 Å².